The van der Waals surface area contributed by atoms with E-state index >= 15 is 0 Å². The topological polar surface area (TPSA) is 54.0 Å². The zero-order valence-electron chi connectivity index (χ0n) is 13.3. The van der Waals surface area contributed by atoms with Gasteiger partial charge in [0.2, 0.25) is 5.91 Å². The Morgan fingerprint density at radius 2 is 2.08 bits per heavy atom. The van der Waals surface area contributed by atoms with Gasteiger partial charge >= 0.3 is 0 Å². The van der Waals surface area contributed by atoms with Crippen molar-refractivity contribution in [2.45, 2.75) is 24.7 Å². The van der Waals surface area contributed by atoms with Crippen LogP contribution in [0.4, 0.5) is 4.39 Å². The summed E-state index contributed by atoms with van der Waals surface area (Å²) in [6, 6.07) is 10.1. The van der Waals surface area contributed by atoms with Crippen molar-refractivity contribution in [2.75, 3.05) is 7.05 Å². The summed E-state index contributed by atoms with van der Waals surface area (Å²) >= 11 is 5.00. The number of rotatable bonds is 4. The molecule has 124 valence electrons. The number of halogens is 1. The number of carbonyl (C=O) groups is 1. The lowest BCUT2D eigenvalue weighted by Crippen LogP contribution is -2.40. The van der Waals surface area contributed by atoms with Crippen molar-refractivity contribution in [3.8, 4) is 0 Å². The van der Waals surface area contributed by atoms with Gasteiger partial charge in [0.25, 0.3) is 0 Å². The van der Waals surface area contributed by atoms with Crippen molar-refractivity contribution in [3.63, 3.8) is 0 Å². The van der Waals surface area contributed by atoms with Gasteiger partial charge in [0, 0.05) is 18.8 Å². The first-order chi connectivity index (χ1) is 11.6. The summed E-state index contributed by atoms with van der Waals surface area (Å²) in [5, 5.41) is 5.48. The molecule has 1 aliphatic rings. The van der Waals surface area contributed by atoms with Crippen molar-refractivity contribution in [2.24, 2.45) is 0 Å². The monoisotopic (exact) mass is 343 g/mol. The van der Waals surface area contributed by atoms with E-state index in [2.05, 4.69) is 15.6 Å². The lowest BCUT2D eigenvalue weighted by atomic mass is 9.92. The van der Waals surface area contributed by atoms with Gasteiger partial charge in [-0.1, -0.05) is 18.2 Å². The highest BCUT2D eigenvalue weighted by molar-refractivity contribution is 7.80. The normalized spacial score (nSPS) is 14.8. The highest BCUT2D eigenvalue weighted by atomic mass is 32.1. The SMILES string of the molecule is CNC(=S)NC(=O)C(c1cc(C2CC2)ccn1)c1ccccc1F. The van der Waals surface area contributed by atoms with Gasteiger partial charge in [0.05, 0.1) is 5.69 Å². The number of benzene rings is 1. The summed E-state index contributed by atoms with van der Waals surface area (Å²) in [5.74, 6) is -1.17. The Morgan fingerprint density at radius 3 is 2.75 bits per heavy atom. The number of hydrogen-bond donors (Lipinski definition) is 2. The largest absolute Gasteiger partial charge is 0.365 e. The predicted molar refractivity (Wildman–Crippen MR) is 94.3 cm³/mol. The van der Waals surface area contributed by atoms with E-state index in [1.165, 1.54) is 6.07 Å². The van der Waals surface area contributed by atoms with Gasteiger partial charge in [-0.3, -0.25) is 9.78 Å². The number of nitrogens with zero attached hydrogens (tertiary/aromatic N) is 1. The highest BCUT2D eigenvalue weighted by Gasteiger charge is 2.30. The molecule has 1 atom stereocenters. The average Bonchev–Trinajstić information content (AvgIpc) is 3.42. The number of nitrogens with one attached hydrogen (secondary N) is 2. The molecule has 1 heterocycles. The van der Waals surface area contributed by atoms with Crippen molar-refractivity contribution < 1.29 is 9.18 Å². The molecule has 1 aromatic heterocycles. The Balaban J connectivity index is 2.01. The fraction of sp³-hybridized carbons (Fsp3) is 0.278. The van der Waals surface area contributed by atoms with Crippen molar-refractivity contribution >= 4 is 23.2 Å². The van der Waals surface area contributed by atoms with Crippen LogP contribution < -0.4 is 10.6 Å². The minimum absolute atomic E-state index is 0.194. The molecule has 2 N–H and O–H groups in total. The number of thiocarbonyl (C=S) groups is 1. The van der Waals surface area contributed by atoms with E-state index in [1.54, 1.807) is 31.4 Å². The molecule has 0 aliphatic heterocycles. The first-order valence-electron chi connectivity index (χ1n) is 7.83. The zero-order valence-corrected chi connectivity index (χ0v) is 14.1. The van der Waals surface area contributed by atoms with Gasteiger partial charge in [0.1, 0.15) is 11.7 Å². The molecule has 4 nitrogen and oxygen atoms in total. The lowest BCUT2D eigenvalue weighted by molar-refractivity contribution is -0.120. The molecule has 24 heavy (non-hydrogen) atoms. The molecule has 1 aliphatic carbocycles. The van der Waals surface area contributed by atoms with E-state index in [0.717, 1.165) is 18.4 Å². The second-order valence-corrected chi connectivity index (χ2v) is 6.22. The lowest BCUT2D eigenvalue weighted by Gasteiger charge is -2.18. The molecular formula is C18H18FN3OS. The van der Waals surface area contributed by atoms with Crippen LogP contribution >= 0.6 is 12.2 Å². The van der Waals surface area contributed by atoms with Crippen molar-refractivity contribution in [1.82, 2.24) is 15.6 Å². The maximum absolute atomic E-state index is 14.3. The summed E-state index contributed by atoms with van der Waals surface area (Å²) in [5.41, 5.74) is 1.96. The second kappa shape index (κ2) is 7.05. The number of amides is 1. The van der Waals surface area contributed by atoms with E-state index in [0.29, 0.717) is 11.6 Å². The third-order valence-corrected chi connectivity index (χ3v) is 4.40. The number of pyridine rings is 1. The van der Waals surface area contributed by atoms with E-state index in [1.807, 2.05) is 12.1 Å². The van der Waals surface area contributed by atoms with Gasteiger partial charge in [-0.05, 0) is 54.7 Å². The molecule has 1 fully saturated rings. The summed E-state index contributed by atoms with van der Waals surface area (Å²) < 4.78 is 14.3. The fourth-order valence-electron chi connectivity index (χ4n) is 2.68. The Hall–Kier alpha value is -2.34. The standard InChI is InChI=1S/C18H18FN3OS/c1-20-18(24)22-17(23)16(13-4-2-3-5-14(13)19)15-10-12(8-9-21-15)11-6-7-11/h2-5,8-11,16H,6-7H2,1H3,(H2,20,22,23,24). The third-order valence-electron chi connectivity index (χ3n) is 4.09. The van der Waals surface area contributed by atoms with Gasteiger partial charge in [-0.2, -0.15) is 0 Å². The average molecular weight is 343 g/mol. The van der Waals surface area contributed by atoms with Gasteiger partial charge < -0.3 is 10.6 Å². The molecule has 0 spiro atoms. The molecular weight excluding hydrogens is 325 g/mol. The Labute approximate surface area is 145 Å². The second-order valence-electron chi connectivity index (χ2n) is 5.81. The van der Waals surface area contributed by atoms with Crippen LogP contribution in [-0.2, 0) is 4.79 Å². The Morgan fingerprint density at radius 1 is 1.33 bits per heavy atom. The summed E-state index contributed by atoms with van der Waals surface area (Å²) in [7, 11) is 1.62. The minimum Gasteiger partial charge on any atom is -0.365 e. The zero-order chi connectivity index (χ0) is 17.1. The molecule has 0 radical (unpaired) electrons. The maximum Gasteiger partial charge on any atom is 0.239 e. The molecule has 1 saturated carbocycles. The predicted octanol–water partition coefficient (Wildman–Crippen LogP) is 2.85. The Kier molecular flexibility index (Phi) is 4.85. The summed E-state index contributed by atoms with van der Waals surface area (Å²) in [6.45, 7) is 0. The van der Waals surface area contributed by atoms with Crippen LogP contribution in [0.25, 0.3) is 0 Å². The quantitative estimate of drug-likeness (QED) is 0.838. The highest BCUT2D eigenvalue weighted by Crippen LogP contribution is 2.40. The van der Waals surface area contributed by atoms with Gasteiger partial charge in [-0.25, -0.2) is 4.39 Å². The van der Waals surface area contributed by atoms with Crippen LogP contribution in [0.3, 0.4) is 0 Å². The summed E-state index contributed by atoms with van der Waals surface area (Å²) in [6.07, 6.45) is 3.97. The fourth-order valence-corrected chi connectivity index (χ4v) is 2.79. The minimum atomic E-state index is -0.851. The third kappa shape index (κ3) is 3.59. The number of aromatic nitrogens is 1. The van der Waals surface area contributed by atoms with Crippen molar-refractivity contribution in [1.29, 1.82) is 0 Å². The molecule has 1 aromatic carbocycles. The molecule has 1 unspecified atom stereocenters. The molecule has 2 aromatic rings. The van der Waals surface area contributed by atoms with Crippen LogP contribution in [0.5, 0.6) is 0 Å². The van der Waals surface area contributed by atoms with Gasteiger partial charge in [-0.15, -0.1) is 0 Å². The Bertz CT molecular complexity index is 776. The van der Waals surface area contributed by atoms with Crippen LogP contribution in [0.2, 0.25) is 0 Å². The molecule has 6 heteroatoms. The molecule has 3 rings (SSSR count). The van der Waals surface area contributed by atoms with E-state index in [4.69, 9.17) is 12.2 Å². The van der Waals surface area contributed by atoms with E-state index < -0.39 is 17.6 Å². The number of hydrogen-bond acceptors (Lipinski definition) is 3. The summed E-state index contributed by atoms with van der Waals surface area (Å²) in [4.78, 5) is 17.0. The van der Waals surface area contributed by atoms with Crippen LogP contribution in [0.1, 0.15) is 41.5 Å². The van der Waals surface area contributed by atoms with Crippen molar-refractivity contribution in [3.05, 3.63) is 65.2 Å². The first-order valence-corrected chi connectivity index (χ1v) is 8.24. The van der Waals surface area contributed by atoms with E-state index in [-0.39, 0.29) is 10.7 Å². The smallest absolute Gasteiger partial charge is 0.239 e. The number of carbonyl (C=O) groups excluding carboxylic acids is 1. The molecule has 0 bridgehead atoms. The van der Waals surface area contributed by atoms with Crippen LogP contribution in [0.15, 0.2) is 42.6 Å². The van der Waals surface area contributed by atoms with Crippen LogP contribution in [0, 0.1) is 5.82 Å². The molecule has 1 amide bonds. The molecule has 0 saturated heterocycles. The van der Waals surface area contributed by atoms with Gasteiger partial charge in [0.15, 0.2) is 5.11 Å². The first kappa shape index (κ1) is 16.5. The maximum atomic E-state index is 14.3. The van der Waals surface area contributed by atoms with Crippen LogP contribution in [-0.4, -0.2) is 23.1 Å². The van der Waals surface area contributed by atoms with E-state index in [9.17, 15) is 9.18 Å².